The number of thiophene rings is 1. The zero-order chi connectivity index (χ0) is 12.5. The number of hydrogen-bond donors (Lipinski definition) is 0. The largest absolute Gasteiger partial charge is 0.338 e. The average Bonchev–Trinajstić information content (AvgIpc) is 2.96. The van der Waals surface area contributed by atoms with Crippen LogP contribution in [0.15, 0.2) is 42.0 Å². The Balaban J connectivity index is 1.95. The van der Waals surface area contributed by atoms with Gasteiger partial charge in [-0.05, 0) is 6.07 Å². The normalized spacial score (nSPS) is 10.9. The number of benzene rings is 1. The number of ketones is 1. The minimum atomic E-state index is 0.127. The summed E-state index contributed by atoms with van der Waals surface area (Å²) in [6.45, 7) is 0. The van der Waals surface area contributed by atoms with Crippen LogP contribution in [0.2, 0.25) is 0 Å². The van der Waals surface area contributed by atoms with Gasteiger partial charge in [-0.1, -0.05) is 18.2 Å². The zero-order valence-electron chi connectivity index (χ0n) is 9.96. The molecule has 90 valence electrons. The summed E-state index contributed by atoms with van der Waals surface area (Å²) in [5.41, 5.74) is 0.804. The Hall–Kier alpha value is -1.94. The van der Waals surface area contributed by atoms with Crippen LogP contribution in [-0.2, 0) is 13.5 Å². The molecule has 0 atom stereocenters. The number of imidazole rings is 1. The number of Topliss-reactive ketones (excluding diaryl/α,β-unsaturated/α-hetero) is 1. The van der Waals surface area contributed by atoms with E-state index in [4.69, 9.17) is 0 Å². The van der Waals surface area contributed by atoms with E-state index >= 15 is 0 Å². The van der Waals surface area contributed by atoms with Crippen molar-refractivity contribution in [2.45, 2.75) is 6.42 Å². The Kier molecular flexibility index (Phi) is 2.72. The van der Waals surface area contributed by atoms with Crippen molar-refractivity contribution in [2.75, 3.05) is 0 Å². The predicted molar refractivity (Wildman–Crippen MR) is 73.1 cm³/mol. The third-order valence-corrected chi connectivity index (χ3v) is 3.98. The average molecular weight is 256 g/mol. The molecular weight excluding hydrogens is 244 g/mol. The summed E-state index contributed by atoms with van der Waals surface area (Å²) in [4.78, 5) is 16.5. The Morgan fingerprint density at radius 3 is 3.00 bits per heavy atom. The van der Waals surface area contributed by atoms with Crippen LogP contribution in [0.5, 0.6) is 0 Å². The van der Waals surface area contributed by atoms with Crippen LogP contribution in [0.3, 0.4) is 0 Å². The van der Waals surface area contributed by atoms with Crippen molar-refractivity contribution in [2.24, 2.45) is 7.05 Å². The highest BCUT2D eigenvalue weighted by Gasteiger charge is 2.14. The van der Waals surface area contributed by atoms with Gasteiger partial charge in [-0.3, -0.25) is 4.79 Å². The Bertz CT molecular complexity index is 711. The second-order valence-corrected chi connectivity index (χ2v) is 5.11. The van der Waals surface area contributed by atoms with E-state index in [2.05, 4.69) is 4.98 Å². The molecule has 4 heteroatoms. The van der Waals surface area contributed by atoms with E-state index in [1.54, 1.807) is 17.5 Å². The summed E-state index contributed by atoms with van der Waals surface area (Å²) in [5, 5.41) is 2.98. The molecule has 3 rings (SSSR count). The molecule has 18 heavy (non-hydrogen) atoms. The van der Waals surface area contributed by atoms with Crippen molar-refractivity contribution in [3.8, 4) is 0 Å². The standard InChI is InChI=1S/C14H12N2OS/c1-16-7-6-15-14(16)8-12(17)11-9-18-13-5-3-2-4-10(11)13/h2-7,9H,8H2,1H3. The van der Waals surface area contributed by atoms with E-state index in [0.717, 1.165) is 21.5 Å². The molecule has 0 aliphatic rings. The molecular formula is C14H12N2OS. The minimum absolute atomic E-state index is 0.127. The fourth-order valence-electron chi connectivity index (χ4n) is 2.00. The lowest BCUT2D eigenvalue weighted by molar-refractivity contribution is 0.0992. The quantitative estimate of drug-likeness (QED) is 0.675. The van der Waals surface area contributed by atoms with Gasteiger partial charge in [-0.15, -0.1) is 11.3 Å². The lowest BCUT2D eigenvalue weighted by atomic mass is 10.1. The van der Waals surface area contributed by atoms with Crippen molar-refractivity contribution >= 4 is 27.2 Å². The molecule has 0 amide bonds. The monoisotopic (exact) mass is 256 g/mol. The van der Waals surface area contributed by atoms with Gasteiger partial charge < -0.3 is 4.57 Å². The highest BCUT2D eigenvalue weighted by Crippen LogP contribution is 2.26. The Morgan fingerprint density at radius 2 is 2.22 bits per heavy atom. The van der Waals surface area contributed by atoms with Crippen LogP contribution in [0.1, 0.15) is 16.2 Å². The van der Waals surface area contributed by atoms with Crippen LogP contribution in [0.25, 0.3) is 10.1 Å². The molecule has 0 N–H and O–H groups in total. The second kappa shape index (κ2) is 4.38. The van der Waals surface area contributed by atoms with Gasteiger partial charge in [-0.2, -0.15) is 0 Å². The van der Waals surface area contributed by atoms with Crippen LogP contribution in [0.4, 0.5) is 0 Å². The van der Waals surface area contributed by atoms with Gasteiger partial charge in [0.1, 0.15) is 5.82 Å². The summed E-state index contributed by atoms with van der Waals surface area (Å²) in [7, 11) is 1.90. The maximum absolute atomic E-state index is 12.3. The Morgan fingerprint density at radius 1 is 1.39 bits per heavy atom. The zero-order valence-corrected chi connectivity index (χ0v) is 10.8. The number of carbonyl (C=O) groups is 1. The SMILES string of the molecule is Cn1ccnc1CC(=O)c1csc2ccccc12. The molecule has 0 saturated heterocycles. The number of rotatable bonds is 3. The van der Waals surface area contributed by atoms with Crippen molar-refractivity contribution in [1.29, 1.82) is 0 Å². The van der Waals surface area contributed by atoms with Crippen molar-refractivity contribution < 1.29 is 4.79 Å². The summed E-state index contributed by atoms with van der Waals surface area (Å²) in [6, 6.07) is 7.99. The van der Waals surface area contributed by atoms with E-state index in [9.17, 15) is 4.79 Å². The number of hydrogen-bond acceptors (Lipinski definition) is 3. The number of aromatic nitrogens is 2. The predicted octanol–water partition coefficient (Wildman–Crippen LogP) is 3.06. The van der Waals surface area contributed by atoms with E-state index in [1.165, 1.54) is 0 Å². The van der Waals surface area contributed by atoms with Crippen LogP contribution in [-0.4, -0.2) is 15.3 Å². The first-order valence-electron chi connectivity index (χ1n) is 5.71. The van der Waals surface area contributed by atoms with Gasteiger partial charge in [0.2, 0.25) is 0 Å². The molecule has 3 aromatic rings. The van der Waals surface area contributed by atoms with Crippen LogP contribution >= 0.6 is 11.3 Å². The molecule has 0 radical (unpaired) electrons. The first kappa shape index (κ1) is 11.2. The smallest absolute Gasteiger partial charge is 0.171 e. The van der Waals surface area contributed by atoms with Gasteiger partial charge in [0.25, 0.3) is 0 Å². The second-order valence-electron chi connectivity index (χ2n) is 4.20. The van der Waals surface area contributed by atoms with Gasteiger partial charge in [0.05, 0.1) is 6.42 Å². The minimum Gasteiger partial charge on any atom is -0.338 e. The molecule has 0 saturated carbocycles. The molecule has 0 fully saturated rings. The lowest BCUT2D eigenvalue weighted by Crippen LogP contribution is -2.07. The summed E-state index contributed by atoms with van der Waals surface area (Å²) in [5.74, 6) is 0.928. The number of nitrogens with zero attached hydrogens (tertiary/aromatic N) is 2. The molecule has 2 heterocycles. The van der Waals surface area contributed by atoms with Crippen molar-refractivity contribution in [3.05, 3.63) is 53.4 Å². The van der Waals surface area contributed by atoms with Crippen molar-refractivity contribution in [1.82, 2.24) is 9.55 Å². The third-order valence-electron chi connectivity index (χ3n) is 3.02. The molecule has 0 aliphatic heterocycles. The Labute approximate surface area is 109 Å². The van der Waals surface area contributed by atoms with Gasteiger partial charge in [-0.25, -0.2) is 4.98 Å². The fraction of sp³-hybridized carbons (Fsp3) is 0.143. The number of fused-ring (bicyclic) bond motifs is 1. The van der Waals surface area contributed by atoms with Gasteiger partial charge >= 0.3 is 0 Å². The van der Waals surface area contributed by atoms with E-state index in [0.29, 0.717) is 6.42 Å². The van der Waals surface area contributed by atoms with E-state index < -0.39 is 0 Å². The topological polar surface area (TPSA) is 34.9 Å². The first-order chi connectivity index (χ1) is 8.75. The fourth-order valence-corrected chi connectivity index (χ4v) is 2.96. The lowest BCUT2D eigenvalue weighted by Gasteiger charge is -2.00. The summed E-state index contributed by atoms with van der Waals surface area (Å²) in [6.07, 6.45) is 3.92. The summed E-state index contributed by atoms with van der Waals surface area (Å²) < 4.78 is 3.03. The number of carbonyl (C=O) groups excluding carboxylic acids is 1. The molecule has 1 aromatic carbocycles. The van der Waals surface area contributed by atoms with E-state index in [1.807, 2.05) is 47.5 Å². The summed E-state index contributed by atoms with van der Waals surface area (Å²) >= 11 is 1.61. The maximum atomic E-state index is 12.3. The number of aryl methyl sites for hydroxylation is 1. The first-order valence-corrected chi connectivity index (χ1v) is 6.59. The maximum Gasteiger partial charge on any atom is 0.171 e. The molecule has 0 aliphatic carbocycles. The van der Waals surface area contributed by atoms with Crippen LogP contribution in [0, 0.1) is 0 Å². The highest BCUT2D eigenvalue weighted by atomic mass is 32.1. The van der Waals surface area contributed by atoms with Gasteiger partial charge in [0.15, 0.2) is 5.78 Å². The third kappa shape index (κ3) is 1.84. The van der Waals surface area contributed by atoms with Crippen LogP contribution < -0.4 is 0 Å². The highest BCUT2D eigenvalue weighted by molar-refractivity contribution is 7.17. The molecule has 0 spiro atoms. The van der Waals surface area contributed by atoms with Crippen molar-refractivity contribution in [3.63, 3.8) is 0 Å². The molecule has 0 unspecified atom stereocenters. The van der Waals surface area contributed by atoms with E-state index in [-0.39, 0.29) is 5.78 Å². The molecule has 3 nitrogen and oxygen atoms in total. The molecule has 0 bridgehead atoms. The van der Waals surface area contributed by atoms with Gasteiger partial charge in [0, 0.05) is 40.5 Å². The molecule has 2 aromatic heterocycles.